The molecule has 1 aromatic carbocycles. The van der Waals surface area contributed by atoms with Crippen LogP contribution in [0.25, 0.3) is 0 Å². The van der Waals surface area contributed by atoms with Crippen molar-refractivity contribution in [3.8, 4) is 0 Å². The maximum Gasteiger partial charge on any atom is 0.271 e. The van der Waals surface area contributed by atoms with Crippen molar-refractivity contribution in [3.63, 3.8) is 0 Å². The molecule has 2 N–H and O–H groups in total. The molecule has 0 spiro atoms. The zero-order valence-electron chi connectivity index (χ0n) is 9.51. The number of carbonyl (C=O) groups excluding carboxylic acids is 1. The molecule has 96 valence electrons. The van der Waals surface area contributed by atoms with Crippen LogP contribution >= 0.6 is 11.6 Å². The van der Waals surface area contributed by atoms with Crippen LogP contribution in [0, 0.1) is 16.0 Å². The number of hydrogen-bond donors (Lipinski definition) is 1. The van der Waals surface area contributed by atoms with Gasteiger partial charge in [-0.2, -0.15) is 0 Å². The molecule has 1 atom stereocenters. The molecule has 1 unspecified atom stereocenters. The fraction of sp³-hybridized carbons (Fsp3) is 0.364. The molecule has 1 aromatic rings. The van der Waals surface area contributed by atoms with E-state index >= 15 is 0 Å². The average Bonchev–Trinajstić information content (AvgIpc) is 2.71. The lowest BCUT2D eigenvalue weighted by Gasteiger charge is -2.18. The zero-order valence-corrected chi connectivity index (χ0v) is 10.3. The van der Waals surface area contributed by atoms with E-state index in [0.29, 0.717) is 30.2 Å². The summed E-state index contributed by atoms with van der Waals surface area (Å²) in [5.41, 5.74) is 6.43. The molecule has 6 nitrogen and oxygen atoms in total. The quantitative estimate of drug-likeness (QED) is 0.392. The molecule has 1 aliphatic heterocycles. The minimum atomic E-state index is -0.511. The van der Waals surface area contributed by atoms with E-state index in [-0.39, 0.29) is 17.5 Å². The standard InChI is InChI=1S/C11H12ClN3O3/c12-5-7-3-11(16)14(6-7)10-4-8(15(17)18)1-2-9(10)13/h1-2,4,7H,3,5-6,13H2. The molecule has 0 aliphatic carbocycles. The van der Waals surface area contributed by atoms with Crippen molar-refractivity contribution in [1.82, 2.24) is 0 Å². The number of alkyl halides is 1. The SMILES string of the molecule is Nc1ccc([N+](=O)[O-])cc1N1CC(CCl)CC1=O. The van der Waals surface area contributed by atoms with Gasteiger partial charge in [0.15, 0.2) is 0 Å². The molecule has 1 saturated heterocycles. The van der Waals surface area contributed by atoms with Crippen LogP contribution in [0.5, 0.6) is 0 Å². The van der Waals surface area contributed by atoms with Crippen LogP contribution < -0.4 is 10.6 Å². The summed E-state index contributed by atoms with van der Waals surface area (Å²) >= 11 is 5.73. The first-order valence-corrected chi connectivity index (χ1v) is 5.96. The molecule has 7 heteroatoms. The molecule has 1 fully saturated rings. The van der Waals surface area contributed by atoms with Crippen molar-refractivity contribution in [1.29, 1.82) is 0 Å². The second kappa shape index (κ2) is 4.81. The number of nitrogen functional groups attached to an aromatic ring is 1. The fourth-order valence-electron chi connectivity index (χ4n) is 2.00. The first-order chi connectivity index (χ1) is 8.52. The van der Waals surface area contributed by atoms with Crippen molar-refractivity contribution >= 4 is 34.6 Å². The fourth-order valence-corrected chi connectivity index (χ4v) is 2.20. The van der Waals surface area contributed by atoms with Crippen molar-refractivity contribution in [2.45, 2.75) is 6.42 Å². The Kier molecular flexibility index (Phi) is 3.38. The summed E-state index contributed by atoms with van der Waals surface area (Å²) in [6.45, 7) is 0.452. The number of nitro groups is 1. The minimum Gasteiger partial charge on any atom is -0.397 e. The Morgan fingerprint density at radius 2 is 2.28 bits per heavy atom. The topological polar surface area (TPSA) is 89.5 Å². The smallest absolute Gasteiger partial charge is 0.271 e. The van der Waals surface area contributed by atoms with Crippen molar-refractivity contribution in [3.05, 3.63) is 28.3 Å². The lowest BCUT2D eigenvalue weighted by molar-refractivity contribution is -0.384. The van der Waals surface area contributed by atoms with Gasteiger partial charge in [-0.15, -0.1) is 11.6 Å². The zero-order chi connectivity index (χ0) is 13.3. The van der Waals surface area contributed by atoms with Gasteiger partial charge in [-0.25, -0.2) is 0 Å². The predicted molar refractivity (Wildman–Crippen MR) is 68.7 cm³/mol. The van der Waals surface area contributed by atoms with Gasteiger partial charge >= 0.3 is 0 Å². The maximum absolute atomic E-state index is 11.8. The first-order valence-electron chi connectivity index (χ1n) is 5.43. The van der Waals surface area contributed by atoms with Crippen LogP contribution in [0.15, 0.2) is 18.2 Å². The number of anilines is 2. The molecule has 18 heavy (non-hydrogen) atoms. The number of non-ortho nitro benzene ring substituents is 1. The Labute approximate surface area is 108 Å². The predicted octanol–water partition coefficient (Wildman–Crippen LogP) is 1.77. The molecule has 1 aliphatic rings. The first kappa shape index (κ1) is 12.6. The molecule has 0 radical (unpaired) electrons. The van der Waals surface area contributed by atoms with E-state index in [1.54, 1.807) is 0 Å². The van der Waals surface area contributed by atoms with Crippen molar-refractivity contribution in [2.75, 3.05) is 23.1 Å². The van der Waals surface area contributed by atoms with Gasteiger partial charge in [0.2, 0.25) is 5.91 Å². The third-order valence-corrected chi connectivity index (χ3v) is 3.38. The summed E-state index contributed by atoms with van der Waals surface area (Å²) in [4.78, 5) is 23.5. The maximum atomic E-state index is 11.8. The van der Waals surface area contributed by atoms with Gasteiger partial charge in [0.1, 0.15) is 0 Å². The highest BCUT2D eigenvalue weighted by Crippen LogP contribution is 2.32. The molecule has 1 heterocycles. The Morgan fingerprint density at radius 3 is 2.83 bits per heavy atom. The van der Waals surface area contributed by atoms with Crippen LogP contribution in [-0.2, 0) is 4.79 Å². The van der Waals surface area contributed by atoms with Crippen LogP contribution in [0.1, 0.15) is 6.42 Å². The van der Waals surface area contributed by atoms with E-state index in [0.717, 1.165) is 0 Å². The highest BCUT2D eigenvalue weighted by atomic mass is 35.5. The number of rotatable bonds is 3. The molecule has 1 amide bonds. The molecule has 2 rings (SSSR count). The van der Waals surface area contributed by atoms with E-state index in [1.807, 2.05) is 0 Å². The van der Waals surface area contributed by atoms with Crippen LogP contribution in [0.4, 0.5) is 17.1 Å². The van der Waals surface area contributed by atoms with Gasteiger partial charge in [-0.1, -0.05) is 0 Å². The van der Waals surface area contributed by atoms with Crippen molar-refractivity contribution in [2.24, 2.45) is 5.92 Å². The molecule has 0 bridgehead atoms. The molecular formula is C11H12ClN3O3. The van der Waals surface area contributed by atoms with Gasteiger partial charge in [0, 0.05) is 31.0 Å². The number of nitrogens with two attached hydrogens (primary N) is 1. The average molecular weight is 270 g/mol. The second-order valence-electron chi connectivity index (χ2n) is 4.23. The minimum absolute atomic E-state index is 0.0674. The Morgan fingerprint density at radius 1 is 1.56 bits per heavy atom. The summed E-state index contributed by atoms with van der Waals surface area (Å²) in [7, 11) is 0. The Bertz CT molecular complexity index is 506. The van der Waals surface area contributed by atoms with Crippen molar-refractivity contribution < 1.29 is 9.72 Å². The number of benzene rings is 1. The number of nitro benzene ring substituents is 1. The molecule has 0 aromatic heterocycles. The lowest BCUT2D eigenvalue weighted by atomic mass is 10.1. The van der Waals surface area contributed by atoms with E-state index in [2.05, 4.69) is 0 Å². The number of carbonyl (C=O) groups is 1. The van der Waals surface area contributed by atoms with E-state index in [9.17, 15) is 14.9 Å². The number of nitrogens with zero attached hydrogens (tertiary/aromatic N) is 2. The summed E-state index contributed by atoms with van der Waals surface area (Å²) in [5.74, 6) is 0.350. The van der Waals surface area contributed by atoms with Crippen LogP contribution in [-0.4, -0.2) is 23.3 Å². The van der Waals surface area contributed by atoms with E-state index in [4.69, 9.17) is 17.3 Å². The largest absolute Gasteiger partial charge is 0.397 e. The Balaban J connectivity index is 2.35. The van der Waals surface area contributed by atoms with Crippen LogP contribution in [0.2, 0.25) is 0 Å². The highest BCUT2D eigenvalue weighted by molar-refractivity contribution is 6.18. The summed E-state index contributed by atoms with van der Waals surface area (Å²) in [6.07, 6.45) is 0.353. The number of halogens is 1. The van der Waals surface area contributed by atoms with Gasteiger partial charge in [-0.3, -0.25) is 14.9 Å². The third-order valence-electron chi connectivity index (χ3n) is 2.94. The highest BCUT2D eigenvalue weighted by Gasteiger charge is 2.31. The number of hydrogen-bond acceptors (Lipinski definition) is 4. The summed E-state index contributed by atoms with van der Waals surface area (Å²) in [6, 6.07) is 4.08. The third kappa shape index (κ3) is 2.24. The molecular weight excluding hydrogens is 258 g/mol. The lowest BCUT2D eigenvalue weighted by Crippen LogP contribution is -2.25. The normalized spacial score (nSPS) is 19.3. The Hall–Kier alpha value is -1.82. The van der Waals surface area contributed by atoms with E-state index in [1.165, 1.54) is 23.1 Å². The number of amides is 1. The van der Waals surface area contributed by atoms with E-state index < -0.39 is 4.92 Å². The summed E-state index contributed by atoms with van der Waals surface area (Å²) < 4.78 is 0. The van der Waals surface area contributed by atoms with Gasteiger partial charge in [0.25, 0.3) is 5.69 Å². The molecule has 0 saturated carbocycles. The van der Waals surface area contributed by atoms with Gasteiger partial charge < -0.3 is 10.6 Å². The summed E-state index contributed by atoms with van der Waals surface area (Å²) in [5, 5.41) is 10.7. The van der Waals surface area contributed by atoms with Gasteiger partial charge in [-0.05, 0) is 12.0 Å². The monoisotopic (exact) mass is 269 g/mol. The second-order valence-corrected chi connectivity index (χ2v) is 4.54. The van der Waals surface area contributed by atoms with Gasteiger partial charge in [0.05, 0.1) is 16.3 Å². The van der Waals surface area contributed by atoms with Crippen LogP contribution in [0.3, 0.4) is 0 Å².